The standard InChI is InChI=1S/C23H22N2O5/c1-23(2,3)30-22(28)24-12-6-8-15-7-4-10-17(13-15)29-18-11-5-9-16-14-19(26)25-21(27)20(16)18/h4-5,7,9-11,13H,12,14H2,1-3H3,(H,24,28)(H,25,26,27). The van der Waals surface area contributed by atoms with Crippen molar-refractivity contribution in [3.05, 3.63) is 59.2 Å². The maximum atomic E-state index is 12.2. The van der Waals surface area contributed by atoms with E-state index in [0.29, 0.717) is 28.2 Å². The highest BCUT2D eigenvalue weighted by Gasteiger charge is 2.26. The van der Waals surface area contributed by atoms with Gasteiger partial charge in [-0.2, -0.15) is 0 Å². The molecule has 2 aromatic carbocycles. The van der Waals surface area contributed by atoms with Crippen LogP contribution < -0.4 is 15.4 Å². The Morgan fingerprint density at radius 3 is 2.70 bits per heavy atom. The molecular formula is C23H22N2O5. The molecule has 2 aromatic rings. The molecule has 0 saturated carbocycles. The van der Waals surface area contributed by atoms with Crippen LogP contribution in [0.4, 0.5) is 4.79 Å². The fourth-order valence-corrected chi connectivity index (χ4v) is 2.81. The first kappa shape index (κ1) is 20.9. The molecule has 1 aliphatic rings. The summed E-state index contributed by atoms with van der Waals surface area (Å²) in [5, 5.41) is 4.87. The second kappa shape index (κ2) is 8.70. The topological polar surface area (TPSA) is 93.7 Å². The Morgan fingerprint density at radius 1 is 1.17 bits per heavy atom. The van der Waals surface area contributed by atoms with E-state index >= 15 is 0 Å². The second-order valence-electron chi connectivity index (χ2n) is 7.63. The van der Waals surface area contributed by atoms with Gasteiger partial charge in [0.2, 0.25) is 5.91 Å². The van der Waals surface area contributed by atoms with Crippen LogP contribution in [0.25, 0.3) is 0 Å². The van der Waals surface area contributed by atoms with Crippen molar-refractivity contribution in [2.45, 2.75) is 32.8 Å². The van der Waals surface area contributed by atoms with Crippen LogP contribution in [0.3, 0.4) is 0 Å². The number of nitrogens with one attached hydrogen (secondary N) is 2. The van der Waals surface area contributed by atoms with E-state index in [1.165, 1.54) is 0 Å². The first-order valence-corrected chi connectivity index (χ1v) is 9.41. The number of amides is 3. The minimum Gasteiger partial charge on any atom is -0.456 e. The highest BCUT2D eigenvalue weighted by molar-refractivity contribution is 6.11. The summed E-state index contributed by atoms with van der Waals surface area (Å²) >= 11 is 0. The van der Waals surface area contributed by atoms with E-state index in [2.05, 4.69) is 22.5 Å². The molecule has 0 aliphatic carbocycles. The van der Waals surface area contributed by atoms with E-state index in [4.69, 9.17) is 9.47 Å². The molecule has 7 nitrogen and oxygen atoms in total. The average Bonchev–Trinajstić information content (AvgIpc) is 2.64. The maximum absolute atomic E-state index is 12.2. The smallest absolute Gasteiger partial charge is 0.408 e. The normalized spacial score (nSPS) is 12.8. The van der Waals surface area contributed by atoms with Crippen molar-refractivity contribution in [2.24, 2.45) is 0 Å². The van der Waals surface area contributed by atoms with Gasteiger partial charge >= 0.3 is 6.09 Å². The number of rotatable bonds is 3. The summed E-state index contributed by atoms with van der Waals surface area (Å²) < 4.78 is 11.0. The fraction of sp³-hybridized carbons (Fsp3) is 0.261. The molecule has 0 bridgehead atoms. The van der Waals surface area contributed by atoms with Gasteiger partial charge in [0, 0.05) is 5.56 Å². The molecule has 3 rings (SSSR count). The molecular weight excluding hydrogens is 384 g/mol. The molecule has 0 unspecified atom stereocenters. The quantitative estimate of drug-likeness (QED) is 0.603. The molecule has 0 radical (unpaired) electrons. The molecule has 7 heteroatoms. The summed E-state index contributed by atoms with van der Waals surface area (Å²) in [6, 6.07) is 12.2. The monoisotopic (exact) mass is 406 g/mol. The van der Waals surface area contributed by atoms with Crippen LogP contribution >= 0.6 is 0 Å². The lowest BCUT2D eigenvalue weighted by Gasteiger charge is -2.19. The molecule has 0 aromatic heterocycles. The number of benzene rings is 2. The van der Waals surface area contributed by atoms with Crippen LogP contribution in [0.2, 0.25) is 0 Å². The van der Waals surface area contributed by atoms with Crippen molar-refractivity contribution in [3.8, 4) is 23.3 Å². The number of hydrogen-bond acceptors (Lipinski definition) is 5. The van der Waals surface area contributed by atoms with Crippen LogP contribution in [-0.2, 0) is 16.0 Å². The minimum absolute atomic E-state index is 0.133. The Hall–Kier alpha value is -3.79. The molecule has 2 N–H and O–H groups in total. The zero-order valence-corrected chi connectivity index (χ0v) is 17.0. The van der Waals surface area contributed by atoms with Crippen molar-refractivity contribution < 1.29 is 23.9 Å². The number of fused-ring (bicyclic) bond motifs is 1. The maximum Gasteiger partial charge on any atom is 0.408 e. The summed E-state index contributed by atoms with van der Waals surface area (Å²) in [5.41, 5.74) is 1.10. The average molecular weight is 406 g/mol. The number of imide groups is 1. The van der Waals surface area contributed by atoms with Crippen molar-refractivity contribution in [1.82, 2.24) is 10.6 Å². The summed E-state index contributed by atoms with van der Waals surface area (Å²) in [6.07, 6.45) is -0.395. The van der Waals surface area contributed by atoms with Gasteiger partial charge in [-0.1, -0.05) is 30.0 Å². The van der Waals surface area contributed by atoms with Crippen LogP contribution in [0.15, 0.2) is 42.5 Å². The third-order valence-electron chi connectivity index (χ3n) is 3.96. The second-order valence-corrected chi connectivity index (χ2v) is 7.63. The molecule has 0 fully saturated rings. The molecule has 3 amide bonds. The van der Waals surface area contributed by atoms with E-state index in [9.17, 15) is 14.4 Å². The Kier molecular flexibility index (Phi) is 6.07. The Labute approximate surface area is 174 Å². The van der Waals surface area contributed by atoms with E-state index in [-0.39, 0.29) is 18.9 Å². The third-order valence-corrected chi connectivity index (χ3v) is 3.96. The van der Waals surface area contributed by atoms with Crippen molar-refractivity contribution >= 4 is 17.9 Å². The largest absolute Gasteiger partial charge is 0.456 e. The van der Waals surface area contributed by atoms with E-state index < -0.39 is 17.6 Å². The zero-order valence-electron chi connectivity index (χ0n) is 17.0. The van der Waals surface area contributed by atoms with Gasteiger partial charge in [-0.25, -0.2) is 4.79 Å². The lowest BCUT2D eigenvalue weighted by Crippen LogP contribution is -2.37. The van der Waals surface area contributed by atoms with Gasteiger partial charge in [0.15, 0.2) is 0 Å². The first-order chi connectivity index (χ1) is 14.2. The lowest BCUT2D eigenvalue weighted by molar-refractivity contribution is -0.119. The summed E-state index contributed by atoms with van der Waals surface area (Å²) in [7, 11) is 0. The minimum atomic E-state index is -0.565. The van der Waals surface area contributed by atoms with Gasteiger partial charge < -0.3 is 14.8 Å². The lowest BCUT2D eigenvalue weighted by atomic mass is 9.99. The number of carbonyl (C=O) groups excluding carboxylic acids is 3. The van der Waals surface area contributed by atoms with Crippen LogP contribution in [0.1, 0.15) is 42.3 Å². The number of ether oxygens (including phenoxy) is 2. The van der Waals surface area contributed by atoms with Gasteiger partial charge in [-0.15, -0.1) is 0 Å². The molecule has 1 aliphatic heterocycles. The predicted molar refractivity (Wildman–Crippen MR) is 110 cm³/mol. The summed E-state index contributed by atoms with van der Waals surface area (Å²) in [5.74, 6) is 5.86. The van der Waals surface area contributed by atoms with Gasteiger partial charge in [-0.3, -0.25) is 14.9 Å². The van der Waals surface area contributed by atoms with E-state index in [1.54, 1.807) is 63.2 Å². The summed E-state index contributed by atoms with van der Waals surface area (Å²) in [6.45, 7) is 5.50. The molecule has 154 valence electrons. The van der Waals surface area contributed by atoms with E-state index in [0.717, 1.165) is 0 Å². The Bertz CT molecular complexity index is 1060. The molecule has 0 spiro atoms. The van der Waals surface area contributed by atoms with Gasteiger partial charge in [0.05, 0.1) is 18.5 Å². The van der Waals surface area contributed by atoms with Gasteiger partial charge in [0.25, 0.3) is 5.91 Å². The van der Waals surface area contributed by atoms with Crippen molar-refractivity contribution in [2.75, 3.05) is 6.54 Å². The number of alkyl carbamates (subject to hydrolysis) is 1. The highest BCUT2D eigenvalue weighted by Crippen LogP contribution is 2.30. The van der Waals surface area contributed by atoms with Crippen LogP contribution in [0.5, 0.6) is 11.5 Å². The molecule has 30 heavy (non-hydrogen) atoms. The van der Waals surface area contributed by atoms with Gasteiger partial charge in [0.1, 0.15) is 17.1 Å². The molecule has 0 atom stereocenters. The van der Waals surface area contributed by atoms with E-state index in [1.807, 2.05) is 0 Å². The highest BCUT2D eigenvalue weighted by atomic mass is 16.6. The van der Waals surface area contributed by atoms with Crippen LogP contribution in [0, 0.1) is 11.8 Å². The van der Waals surface area contributed by atoms with Crippen molar-refractivity contribution in [1.29, 1.82) is 0 Å². The molecule has 0 saturated heterocycles. The number of hydrogen-bond donors (Lipinski definition) is 2. The number of carbonyl (C=O) groups is 3. The fourth-order valence-electron chi connectivity index (χ4n) is 2.81. The zero-order chi connectivity index (χ0) is 21.7. The Balaban J connectivity index is 1.68. The molecule has 1 heterocycles. The SMILES string of the molecule is CC(C)(C)OC(=O)NCC#Cc1cccc(Oc2cccc3c2C(=O)NC(=O)C3)c1. The van der Waals surface area contributed by atoms with Crippen LogP contribution in [-0.4, -0.2) is 30.1 Å². The van der Waals surface area contributed by atoms with Crippen molar-refractivity contribution in [3.63, 3.8) is 0 Å². The summed E-state index contributed by atoms with van der Waals surface area (Å²) in [4.78, 5) is 35.4. The third kappa shape index (κ3) is 5.61. The Morgan fingerprint density at radius 2 is 1.93 bits per heavy atom. The van der Waals surface area contributed by atoms with Gasteiger partial charge in [-0.05, 0) is 50.6 Å². The first-order valence-electron chi connectivity index (χ1n) is 9.41. The predicted octanol–water partition coefficient (Wildman–Crippen LogP) is 3.17.